The largest absolute Gasteiger partial charge is 0.372 e. The monoisotopic (exact) mass is 289 g/mol. The average molecular weight is 289 g/mol. The van der Waals surface area contributed by atoms with Gasteiger partial charge in [-0.25, -0.2) is 0 Å². The van der Waals surface area contributed by atoms with Crippen molar-refractivity contribution in [2.24, 2.45) is 0 Å². The highest BCUT2D eigenvalue weighted by molar-refractivity contribution is 7.15. The van der Waals surface area contributed by atoms with Gasteiger partial charge in [0.15, 0.2) is 0 Å². The van der Waals surface area contributed by atoms with E-state index in [1.54, 1.807) is 24.0 Å². The van der Waals surface area contributed by atoms with Gasteiger partial charge in [-0.1, -0.05) is 11.3 Å². The van der Waals surface area contributed by atoms with Crippen molar-refractivity contribution in [3.63, 3.8) is 0 Å². The van der Waals surface area contributed by atoms with Gasteiger partial charge in [-0.15, -0.1) is 0 Å². The van der Waals surface area contributed by atoms with Gasteiger partial charge in [0, 0.05) is 24.3 Å². The summed E-state index contributed by atoms with van der Waals surface area (Å²) in [5.41, 5.74) is 2.06. The Morgan fingerprint density at radius 1 is 1.55 bits per heavy atom. The molecule has 0 aliphatic carbocycles. The molecule has 0 aromatic carbocycles. The average Bonchev–Trinajstić information content (AvgIpc) is 2.97. The summed E-state index contributed by atoms with van der Waals surface area (Å²) < 4.78 is 1.48. The number of hydrogen-bond acceptors (Lipinski definition) is 6. The minimum Gasteiger partial charge on any atom is -0.359 e. The molecule has 0 aliphatic heterocycles. The van der Waals surface area contributed by atoms with Crippen LogP contribution in [-0.4, -0.2) is 19.3 Å². The third-order valence-corrected chi connectivity index (χ3v) is 3.75. The van der Waals surface area contributed by atoms with Gasteiger partial charge >= 0.3 is 5.82 Å². The van der Waals surface area contributed by atoms with Crippen molar-refractivity contribution in [2.75, 3.05) is 5.32 Å². The Bertz CT molecular complexity index is 779. The van der Waals surface area contributed by atoms with E-state index in [1.807, 2.05) is 13.0 Å². The molecule has 0 fully saturated rings. The van der Waals surface area contributed by atoms with Gasteiger partial charge in [0.2, 0.25) is 5.82 Å². The lowest BCUT2D eigenvalue weighted by Crippen LogP contribution is -2.04. The zero-order valence-corrected chi connectivity index (χ0v) is 11.4. The van der Waals surface area contributed by atoms with Crippen molar-refractivity contribution in [2.45, 2.75) is 13.5 Å². The number of nitro groups is 1. The van der Waals surface area contributed by atoms with Crippen LogP contribution < -0.4 is 5.32 Å². The van der Waals surface area contributed by atoms with Gasteiger partial charge in [-0.3, -0.25) is 4.98 Å². The van der Waals surface area contributed by atoms with Gasteiger partial charge in [0.1, 0.15) is 6.20 Å². The van der Waals surface area contributed by atoms with Gasteiger partial charge < -0.3 is 15.4 Å². The maximum Gasteiger partial charge on any atom is 0.372 e. The molecule has 20 heavy (non-hydrogen) atoms. The highest BCUT2D eigenvalue weighted by Crippen LogP contribution is 2.28. The summed E-state index contributed by atoms with van der Waals surface area (Å²) in [6, 6.07) is 1.88. The highest BCUT2D eigenvalue weighted by Gasteiger charge is 2.23. The molecular weight excluding hydrogens is 278 g/mol. The van der Waals surface area contributed by atoms with Crippen LogP contribution in [0.15, 0.2) is 30.0 Å². The van der Waals surface area contributed by atoms with Gasteiger partial charge in [-0.2, -0.15) is 9.38 Å². The second kappa shape index (κ2) is 4.89. The zero-order valence-electron chi connectivity index (χ0n) is 10.6. The van der Waals surface area contributed by atoms with E-state index in [-0.39, 0.29) is 11.6 Å². The van der Waals surface area contributed by atoms with Crippen molar-refractivity contribution < 1.29 is 4.92 Å². The van der Waals surface area contributed by atoms with Gasteiger partial charge in [0.25, 0.3) is 4.96 Å². The van der Waals surface area contributed by atoms with Crippen molar-refractivity contribution >= 4 is 27.9 Å². The normalized spacial score (nSPS) is 10.8. The summed E-state index contributed by atoms with van der Waals surface area (Å²) >= 11 is 1.36. The van der Waals surface area contributed by atoms with E-state index in [0.717, 1.165) is 11.1 Å². The Labute approximate surface area is 118 Å². The zero-order chi connectivity index (χ0) is 14.1. The van der Waals surface area contributed by atoms with Crippen LogP contribution in [0.1, 0.15) is 11.1 Å². The van der Waals surface area contributed by atoms with Gasteiger partial charge in [0.05, 0.1) is 0 Å². The van der Waals surface area contributed by atoms with Crippen LogP contribution in [0.25, 0.3) is 4.96 Å². The molecule has 3 aromatic heterocycles. The van der Waals surface area contributed by atoms with Crippen LogP contribution in [0.2, 0.25) is 0 Å². The first-order chi connectivity index (χ1) is 9.66. The molecule has 3 rings (SSSR count). The molecule has 0 saturated carbocycles. The predicted octanol–water partition coefficient (Wildman–Crippen LogP) is 2.62. The Morgan fingerprint density at radius 3 is 3.15 bits per heavy atom. The second-order valence-corrected chi connectivity index (χ2v) is 5.13. The maximum atomic E-state index is 11.2. The SMILES string of the molecule is Cc1cnccc1CNc1nc2sccn2c1[N+](=O)[O-]. The molecule has 102 valence electrons. The number of thiazole rings is 1. The lowest BCUT2D eigenvalue weighted by Gasteiger charge is -2.06. The minimum absolute atomic E-state index is 0.0343. The van der Waals surface area contributed by atoms with E-state index in [0.29, 0.717) is 11.5 Å². The van der Waals surface area contributed by atoms with E-state index in [4.69, 9.17) is 0 Å². The Balaban J connectivity index is 1.91. The number of aryl methyl sites for hydroxylation is 1. The number of rotatable bonds is 4. The number of aromatic nitrogens is 3. The van der Waals surface area contributed by atoms with Crippen LogP contribution in [0, 0.1) is 17.0 Å². The smallest absolute Gasteiger partial charge is 0.359 e. The Kier molecular flexibility index (Phi) is 3.07. The summed E-state index contributed by atoms with van der Waals surface area (Å²) in [6.07, 6.45) is 5.11. The summed E-state index contributed by atoms with van der Waals surface area (Å²) in [5.74, 6) is 0.256. The van der Waals surface area contributed by atoms with Crippen molar-refractivity contribution in [1.82, 2.24) is 14.4 Å². The van der Waals surface area contributed by atoms with Crippen LogP contribution in [0.4, 0.5) is 11.6 Å². The lowest BCUT2D eigenvalue weighted by atomic mass is 10.1. The Morgan fingerprint density at radius 2 is 2.40 bits per heavy atom. The number of fused-ring (bicyclic) bond motifs is 1. The summed E-state index contributed by atoms with van der Waals surface area (Å²) in [4.78, 5) is 19.6. The summed E-state index contributed by atoms with van der Waals surface area (Å²) in [7, 11) is 0. The first-order valence-corrected chi connectivity index (χ1v) is 6.78. The molecule has 0 aliphatic rings. The van der Waals surface area contributed by atoms with E-state index < -0.39 is 4.92 Å². The van der Waals surface area contributed by atoms with Gasteiger partial charge in [-0.05, 0) is 29.0 Å². The first-order valence-electron chi connectivity index (χ1n) is 5.90. The topological polar surface area (TPSA) is 85.4 Å². The van der Waals surface area contributed by atoms with Crippen LogP contribution in [-0.2, 0) is 6.54 Å². The second-order valence-electron chi connectivity index (χ2n) is 4.25. The number of pyridine rings is 1. The van der Waals surface area contributed by atoms with Crippen LogP contribution in [0.3, 0.4) is 0 Å². The molecule has 0 amide bonds. The fourth-order valence-corrected chi connectivity index (χ4v) is 2.66. The fourth-order valence-electron chi connectivity index (χ4n) is 1.95. The van der Waals surface area contributed by atoms with E-state index in [2.05, 4.69) is 15.3 Å². The minimum atomic E-state index is -0.422. The number of hydrogen-bond donors (Lipinski definition) is 1. The summed E-state index contributed by atoms with van der Waals surface area (Å²) in [5, 5.41) is 16.0. The quantitative estimate of drug-likeness (QED) is 0.589. The van der Waals surface area contributed by atoms with E-state index in [1.165, 1.54) is 15.7 Å². The van der Waals surface area contributed by atoms with Crippen LogP contribution >= 0.6 is 11.3 Å². The van der Waals surface area contributed by atoms with Crippen molar-refractivity contribution in [1.29, 1.82) is 0 Å². The molecule has 8 heteroatoms. The standard InChI is InChI=1S/C12H11N5O2S/c1-8-6-13-3-2-9(8)7-14-10-11(17(18)19)16-4-5-20-12(16)15-10/h2-6,14H,7H2,1H3. The Hall–Kier alpha value is -2.48. The highest BCUT2D eigenvalue weighted by atomic mass is 32.1. The number of imidazole rings is 1. The third kappa shape index (κ3) is 2.10. The fraction of sp³-hybridized carbons (Fsp3) is 0.167. The van der Waals surface area contributed by atoms with Crippen molar-refractivity contribution in [3.05, 3.63) is 51.3 Å². The molecule has 0 radical (unpaired) electrons. The molecular formula is C12H11N5O2S. The maximum absolute atomic E-state index is 11.2. The van der Waals surface area contributed by atoms with Crippen LogP contribution in [0.5, 0.6) is 0 Å². The molecule has 1 N–H and O–H groups in total. The number of anilines is 1. The van der Waals surface area contributed by atoms with Crippen molar-refractivity contribution in [3.8, 4) is 0 Å². The molecule has 0 saturated heterocycles. The molecule has 3 aromatic rings. The summed E-state index contributed by atoms with van der Waals surface area (Å²) in [6.45, 7) is 2.42. The molecule has 7 nitrogen and oxygen atoms in total. The van der Waals surface area contributed by atoms with E-state index >= 15 is 0 Å². The predicted molar refractivity (Wildman–Crippen MR) is 76.0 cm³/mol. The van der Waals surface area contributed by atoms with E-state index in [9.17, 15) is 10.1 Å². The molecule has 0 bridgehead atoms. The lowest BCUT2D eigenvalue weighted by molar-refractivity contribution is -0.389. The third-order valence-electron chi connectivity index (χ3n) is 2.99. The number of nitrogens with zero attached hydrogens (tertiary/aromatic N) is 4. The molecule has 0 atom stereocenters. The molecule has 0 unspecified atom stereocenters. The first kappa shape index (κ1) is 12.5. The molecule has 0 spiro atoms. The number of nitrogens with one attached hydrogen (secondary N) is 1. The molecule has 3 heterocycles.